The van der Waals surface area contributed by atoms with Gasteiger partial charge in [-0.2, -0.15) is 0 Å². The molecule has 0 aliphatic carbocycles. The van der Waals surface area contributed by atoms with Gasteiger partial charge in [-0.05, 0) is 19.2 Å². The van der Waals surface area contributed by atoms with Gasteiger partial charge < -0.3 is 14.5 Å². The maximum Gasteiger partial charge on any atom is 0.137 e. The van der Waals surface area contributed by atoms with Gasteiger partial charge in [0.15, 0.2) is 0 Å². The lowest BCUT2D eigenvalue weighted by Gasteiger charge is -2.04. The number of carbonyl (C=O) groups is 1. The van der Waals surface area contributed by atoms with Crippen molar-refractivity contribution in [3.05, 3.63) is 36.1 Å². The predicted octanol–water partition coefficient (Wildman–Crippen LogP) is 1.76. The zero-order chi connectivity index (χ0) is 10.7. The van der Waals surface area contributed by atoms with E-state index in [0.717, 1.165) is 23.0 Å². The van der Waals surface area contributed by atoms with Crippen LogP contribution in [0.5, 0.6) is 0 Å². The highest BCUT2D eigenvalue weighted by Gasteiger charge is 2.09. The molecule has 0 amide bonds. The van der Waals surface area contributed by atoms with Crippen molar-refractivity contribution >= 4 is 17.3 Å². The third-order valence-corrected chi connectivity index (χ3v) is 2.43. The third kappa shape index (κ3) is 2.07. The topological polar surface area (TPSA) is 42.2 Å². The van der Waals surface area contributed by atoms with Crippen molar-refractivity contribution in [3.63, 3.8) is 0 Å². The van der Waals surface area contributed by atoms with E-state index in [-0.39, 0.29) is 6.04 Å². The molecular formula is C12H13NO2. The zero-order valence-electron chi connectivity index (χ0n) is 8.57. The molecule has 0 fully saturated rings. The first kappa shape index (κ1) is 9.93. The molecule has 0 saturated carbocycles. The normalized spacial score (nSPS) is 12.9. The lowest BCUT2D eigenvalue weighted by Crippen LogP contribution is -2.28. The summed E-state index contributed by atoms with van der Waals surface area (Å²) < 4.78 is 5.60. The number of hydrogen-bond donors (Lipinski definition) is 1. The SMILES string of the molecule is CN[C@H](C=O)Cc1cc2ccccc2o1. The van der Waals surface area contributed by atoms with Crippen LogP contribution in [-0.4, -0.2) is 19.4 Å². The third-order valence-electron chi connectivity index (χ3n) is 2.43. The molecular weight excluding hydrogens is 190 g/mol. The number of fused-ring (bicyclic) bond motifs is 1. The molecule has 0 aliphatic rings. The van der Waals surface area contributed by atoms with Gasteiger partial charge in [0.25, 0.3) is 0 Å². The molecule has 0 aliphatic heterocycles. The number of rotatable bonds is 4. The molecule has 1 N–H and O–H groups in total. The highest BCUT2D eigenvalue weighted by atomic mass is 16.3. The first-order valence-electron chi connectivity index (χ1n) is 4.93. The fourth-order valence-electron chi connectivity index (χ4n) is 1.57. The second-order valence-electron chi connectivity index (χ2n) is 3.49. The summed E-state index contributed by atoms with van der Waals surface area (Å²) in [5.74, 6) is 0.836. The maximum atomic E-state index is 10.7. The standard InChI is InChI=1S/C12H13NO2/c1-13-10(8-14)7-11-6-9-4-2-3-5-12(9)15-11/h2-6,8,10,13H,7H2,1H3/t10-/m0/s1. The average molecular weight is 203 g/mol. The van der Waals surface area contributed by atoms with Crippen LogP contribution >= 0.6 is 0 Å². The number of benzene rings is 1. The monoisotopic (exact) mass is 203 g/mol. The molecule has 1 heterocycles. The molecule has 0 unspecified atom stereocenters. The minimum atomic E-state index is -0.175. The van der Waals surface area contributed by atoms with Crippen molar-refractivity contribution in [1.29, 1.82) is 0 Å². The van der Waals surface area contributed by atoms with Gasteiger partial charge in [0.05, 0.1) is 6.04 Å². The van der Waals surface area contributed by atoms with E-state index in [1.807, 2.05) is 30.3 Å². The van der Waals surface area contributed by atoms with Gasteiger partial charge in [-0.3, -0.25) is 0 Å². The minimum absolute atomic E-state index is 0.175. The first-order valence-corrected chi connectivity index (χ1v) is 4.93. The van der Waals surface area contributed by atoms with Gasteiger partial charge in [-0.25, -0.2) is 0 Å². The van der Waals surface area contributed by atoms with Crippen LogP contribution in [-0.2, 0) is 11.2 Å². The summed E-state index contributed by atoms with van der Waals surface area (Å²) in [6, 6.07) is 9.63. The van der Waals surface area contributed by atoms with Crippen molar-refractivity contribution in [2.75, 3.05) is 7.05 Å². The van der Waals surface area contributed by atoms with E-state index >= 15 is 0 Å². The Bertz CT molecular complexity index is 428. The summed E-state index contributed by atoms with van der Waals surface area (Å²) in [6.07, 6.45) is 1.49. The summed E-state index contributed by atoms with van der Waals surface area (Å²) in [6.45, 7) is 0. The maximum absolute atomic E-state index is 10.7. The molecule has 0 radical (unpaired) electrons. The Hall–Kier alpha value is -1.61. The van der Waals surface area contributed by atoms with E-state index in [1.165, 1.54) is 0 Å². The van der Waals surface area contributed by atoms with E-state index in [4.69, 9.17) is 4.42 Å². The summed E-state index contributed by atoms with van der Waals surface area (Å²) in [5, 5.41) is 3.99. The second kappa shape index (κ2) is 4.28. The average Bonchev–Trinajstić information content (AvgIpc) is 2.68. The van der Waals surface area contributed by atoms with E-state index in [9.17, 15) is 4.79 Å². The Morgan fingerprint density at radius 1 is 1.47 bits per heavy atom. The molecule has 0 bridgehead atoms. The van der Waals surface area contributed by atoms with Gasteiger partial charge in [-0.15, -0.1) is 0 Å². The molecule has 2 rings (SSSR count). The number of aldehydes is 1. The van der Waals surface area contributed by atoms with E-state index < -0.39 is 0 Å². The number of furan rings is 1. The fraction of sp³-hybridized carbons (Fsp3) is 0.250. The Kier molecular flexibility index (Phi) is 2.83. The number of hydrogen-bond acceptors (Lipinski definition) is 3. The Balaban J connectivity index is 2.25. The van der Waals surface area contributed by atoms with E-state index in [0.29, 0.717) is 6.42 Å². The fourth-order valence-corrected chi connectivity index (χ4v) is 1.57. The van der Waals surface area contributed by atoms with E-state index in [2.05, 4.69) is 5.32 Å². The summed E-state index contributed by atoms with van der Waals surface area (Å²) >= 11 is 0. The van der Waals surface area contributed by atoms with Crippen molar-refractivity contribution in [1.82, 2.24) is 5.32 Å². The largest absolute Gasteiger partial charge is 0.461 e. The summed E-state index contributed by atoms with van der Waals surface area (Å²) in [7, 11) is 1.77. The molecule has 78 valence electrons. The van der Waals surface area contributed by atoms with Crippen LogP contribution in [0.2, 0.25) is 0 Å². The lowest BCUT2D eigenvalue weighted by molar-refractivity contribution is -0.109. The van der Waals surface area contributed by atoms with Crippen LogP contribution < -0.4 is 5.32 Å². The second-order valence-corrected chi connectivity index (χ2v) is 3.49. The van der Waals surface area contributed by atoms with Crippen LogP contribution in [0.3, 0.4) is 0 Å². The summed E-state index contributed by atoms with van der Waals surface area (Å²) in [5.41, 5.74) is 0.869. The molecule has 1 aromatic heterocycles. The molecule has 3 heteroatoms. The van der Waals surface area contributed by atoms with Crippen LogP contribution in [0.1, 0.15) is 5.76 Å². The van der Waals surface area contributed by atoms with Crippen molar-refractivity contribution in [3.8, 4) is 0 Å². The van der Waals surface area contributed by atoms with Gasteiger partial charge in [0.2, 0.25) is 0 Å². The van der Waals surface area contributed by atoms with Gasteiger partial charge in [-0.1, -0.05) is 18.2 Å². The Morgan fingerprint density at radius 3 is 2.93 bits per heavy atom. The van der Waals surface area contributed by atoms with Crippen molar-refractivity contribution in [2.45, 2.75) is 12.5 Å². The van der Waals surface area contributed by atoms with Gasteiger partial charge in [0.1, 0.15) is 17.6 Å². The van der Waals surface area contributed by atoms with Crippen LogP contribution in [0, 0.1) is 0 Å². The smallest absolute Gasteiger partial charge is 0.137 e. The van der Waals surface area contributed by atoms with Crippen LogP contribution in [0.25, 0.3) is 11.0 Å². The van der Waals surface area contributed by atoms with Gasteiger partial charge in [0, 0.05) is 11.8 Å². The number of para-hydroxylation sites is 1. The molecule has 15 heavy (non-hydrogen) atoms. The molecule has 3 nitrogen and oxygen atoms in total. The number of nitrogens with one attached hydrogen (secondary N) is 1. The highest BCUT2D eigenvalue weighted by molar-refractivity contribution is 5.77. The van der Waals surface area contributed by atoms with Gasteiger partial charge >= 0.3 is 0 Å². The zero-order valence-corrected chi connectivity index (χ0v) is 8.57. The quantitative estimate of drug-likeness (QED) is 0.770. The molecule has 2 aromatic rings. The van der Waals surface area contributed by atoms with Crippen LogP contribution in [0.4, 0.5) is 0 Å². The Labute approximate surface area is 88.1 Å². The number of carbonyl (C=O) groups excluding carboxylic acids is 1. The number of likely N-dealkylation sites (N-methyl/N-ethyl adjacent to an activating group) is 1. The molecule has 0 saturated heterocycles. The van der Waals surface area contributed by atoms with Crippen molar-refractivity contribution in [2.24, 2.45) is 0 Å². The molecule has 1 aromatic carbocycles. The first-order chi connectivity index (χ1) is 7.33. The highest BCUT2D eigenvalue weighted by Crippen LogP contribution is 2.19. The lowest BCUT2D eigenvalue weighted by atomic mass is 10.2. The predicted molar refractivity (Wildman–Crippen MR) is 58.8 cm³/mol. The molecule has 1 atom stereocenters. The van der Waals surface area contributed by atoms with Crippen LogP contribution in [0.15, 0.2) is 34.7 Å². The minimum Gasteiger partial charge on any atom is -0.461 e. The molecule has 0 spiro atoms. The van der Waals surface area contributed by atoms with E-state index in [1.54, 1.807) is 7.05 Å². The Morgan fingerprint density at radius 2 is 2.27 bits per heavy atom. The summed E-state index contributed by atoms with van der Waals surface area (Å²) in [4.78, 5) is 10.7. The van der Waals surface area contributed by atoms with Crippen molar-refractivity contribution < 1.29 is 9.21 Å².